The highest BCUT2D eigenvalue weighted by Gasteiger charge is 2.47. The monoisotopic (exact) mass is 259 g/mol. The van der Waals surface area contributed by atoms with E-state index in [9.17, 15) is 5.11 Å². The van der Waals surface area contributed by atoms with Crippen LogP contribution in [0.4, 0.5) is 0 Å². The Balaban J connectivity index is 1.85. The van der Waals surface area contributed by atoms with Crippen LogP contribution >= 0.6 is 0 Å². The van der Waals surface area contributed by atoms with Gasteiger partial charge in [-0.2, -0.15) is 0 Å². The predicted molar refractivity (Wildman–Crippen MR) is 67.1 cm³/mol. The zero-order chi connectivity index (χ0) is 13.2. The molecule has 1 atom stereocenters. The van der Waals surface area contributed by atoms with Gasteiger partial charge in [0.1, 0.15) is 0 Å². The molecule has 0 bridgehead atoms. The van der Waals surface area contributed by atoms with E-state index in [4.69, 9.17) is 19.9 Å². The van der Waals surface area contributed by atoms with E-state index in [0.717, 1.165) is 0 Å². The first-order valence-corrected chi connectivity index (χ1v) is 6.83. The summed E-state index contributed by atoms with van der Waals surface area (Å²) in [6.45, 7) is 5.63. The lowest BCUT2D eigenvalue weighted by Crippen LogP contribution is -2.55. The maximum atomic E-state index is 10.6. The highest BCUT2D eigenvalue weighted by molar-refractivity contribution is 4.97. The normalized spacial score (nSPS) is 27.8. The Morgan fingerprint density at radius 1 is 1.17 bits per heavy atom. The molecule has 1 spiro atoms. The van der Waals surface area contributed by atoms with Crippen LogP contribution in [0.15, 0.2) is 0 Å². The zero-order valence-electron chi connectivity index (χ0n) is 11.4. The van der Waals surface area contributed by atoms with Crippen LogP contribution in [0.3, 0.4) is 0 Å². The molecule has 3 N–H and O–H groups in total. The van der Waals surface area contributed by atoms with E-state index in [1.54, 1.807) is 0 Å². The maximum Gasteiger partial charge on any atom is 0.168 e. The van der Waals surface area contributed by atoms with Crippen molar-refractivity contribution in [3.05, 3.63) is 0 Å². The summed E-state index contributed by atoms with van der Waals surface area (Å²) in [4.78, 5) is 0. The highest BCUT2D eigenvalue weighted by atomic mass is 16.7. The van der Waals surface area contributed by atoms with Gasteiger partial charge in [0.25, 0.3) is 0 Å². The molecule has 1 saturated heterocycles. The summed E-state index contributed by atoms with van der Waals surface area (Å²) >= 11 is 0. The van der Waals surface area contributed by atoms with Crippen molar-refractivity contribution in [2.45, 2.75) is 63.1 Å². The summed E-state index contributed by atoms with van der Waals surface area (Å²) in [7, 11) is 0. The molecule has 2 aliphatic rings. The SMILES string of the molecule is CC(C)OCC(N)C1(O)CCC2(CC1)OCCO2. The molecular weight excluding hydrogens is 234 g/mol. The van der Waals surface area contributed by atoms with Crippen molar-refractivity contribution in [1.29, 1.82) is 0 Å². The second-order valence-corrected chi connectivity index (χ2v) is 5.70. The van der Waals surface area contributed by atoms with Gasteiger partial charge in [-0.3, -0.25) is 0 Å². The van der Waals surface area contributed by atoms with Crippen LogP contribution in [0.1, 0.15) is 39.5 Å². The Labute approximate surface area is 109 Å². The van der Waals surface area contributed by atoms with Crippen LogP contribution in [0.5, 0.6) is 0 Å². The van der Waals surface area contributed by atoms with Crippen LogP contribution in [0.2, 0.25) is 0 Å². The molecule has 0 aromatic rings. The number of nitrogens with two attached hydrogens (primary N) is 1. The van der Waals surface area contributed by atoms with Crippen LogP contribution in [-0.2, 0) is 14.2 Å². The minimum absolute atomic E-state index is 0.135. The Kier molecular flexibility index (Phi) is 4.29. The minimum Gasteiger partial charge on any atom is -0.388 e. The molecule has 1 aliphatic heterocycles. The largest absolute Gasteiger partial charge is 0.388 e. The lowest BCUT2D eigenvalue weighted by atomic mass is 9.77. The molecule has 0 amide bonds. The van der Waals surface area contributed by atoms with E-state index < -0.39 is 11.4 Å². The Morgan fingerprint density at radius 2 is 1.72 bits per heavy atom. The van der Waals surface area contributed by atoms with Crippen molar-refractivity contribution in [2.24, 2.45) is 5.73 Å². The van der Waals surface area contributed by atoms with Crippen molar-refractivity contribution in [2.75, 3.05) is 19.8 Å². The van der Waals surface area contributed by atoms with Gasteiger partial charge in [0.05, 0.1) is 37.6 Å². The topological polar surface area (TPSA) is 73.9 Å². The fraction of sp³-hybridized carbons (Fsp3) is 1.00. The maximum absolute atomic E-state index is 10.6. The fourth-order valence-electron chi connectivity index (χ4n) is 2.67. The van der Waals surface area contributed by atoms with Gasteiger partial charge in [-0.25, -0.2) is 0 Å². The summed E-state index contributed by atoms with van der Waals surface area (Å²) in [6, 6.07) is -0.348. The van der Waals surface area contributed by atoms with Gasteiger partial charge in [0.2, 0.25) is 0 Å². The molecule has 0 aromatic carbocycles. The molecule has 1 aliphatic carbocycles. The number of ether oxygens (including phenoxy) is 3. The molecular formula is C13H25NO4. The van der Waals surface area contributed by atoms with Crippen molar-refractivity contribution < 1.29 is 19.3 Å². The van der Waals surface area contributed by atoms with E-state index in [1.807, 2.05) is 13.8 Å². The molecule has 18 heavy (non-hydrogen) atoms. The van der Waals surface area contributed by atoms with E-state index in [2.05, 4.69) is 0 Å². The van der Waals surface area contributed by atoms with Crippen molar-refractivity contribution in [3.8, 4) is 0 Å². The van der Waals surface area contributed by atoms with E-state index in [1.165, 1.54) is 0 Å². The predicted octanol–water partition coefficient (Wildman–Crippen LogP) is 0.787. The Hall–Kier alpha value is -0.200. The van der Waals surface area contributed by atoms with Crippen LogP contribution in [-0.4, -0.2) is 48.5 Å². The third-order valence-electron chi connectivity index (χ3n) is 3.99. The second kappa shape index (κ2) is 5.43. The van der Waals surface area contributed by atoms with Gasteiger partial charge in [-0.05, 0) is 26.7 Å². The molecule has 1 unspecified atom stereocenters. The van der Waals surface area contributed by atoms with Gasteiger partial charge < -0.3 is 25.1 Å². The fourth-order valence-corrected chi connectivity index (χ4v) is 2.67. The van der Waals surface area contributed by atoms with Crippen molar-refractivity contribution >= 4 is 0 Å². The van der Waals surface area contributed by atoms with Crippen LogP contribution in [0, 0.1) is 0 Å². The molecule has 0 radical (unpaired) electrons. The van der Waals surface area contributed by atoms with Crippen molar-refractivity contribution in [3.63, 3.8) is 0 Å². The minimum atomic E-state index is -0.852. The quantitative estimate of drug-likeness (QED) is 0.780. The molecule has 5 nitrogen and oxygen atoms in total. The van der Waals surface area contributed by atoms with E-state index in [-0.39, 0.29) is 12.1 Å². The number of hydrogen-bond donors (Lipinski definition) is 2. The summed E-state index contributed by atoms with van der Waals surface area (Å²) < 4.78 is 16.8. The third-order valence-corrected chi connectivity index (χ3v) is 3.99. The first-order chi connectivity index (χ1) is 8.46. The standard InChI is InChI=1S/C13H25NO4/c1-10(2)16-9-11(14)12(15)3-5-13(6-4-12)17-7-8-18-13/h10-11,15H,3-9,14H2,1-2H3. The average Bonchev–Trinajstić information content (AvgIpc) is 2.79. The first kappa shape index (κ1) is 14.2. The van der Waals surface area contributed by atoms with Gasteiger partial charge in [0.15, 0.2) is 5.79 Å². The van der Waals surface area contributed by atoms with E-state index >= 15 is 0 Å². The smallest absolute Gasteiger partial charge is 0.168 e. The number of hydrogen-bond acceptors (Lipinski definition) is 5. The Bertz CT molecular complexity index is 266. The summed E-state index contributed by atoms with van der Waals surface area (Å²) in [6.07, 6.45) is 2.76. The Morgan fingerprint density at radius 3 is 2.22 bits per heavy atom. The first-order valence-electron chi connectivity index (χ1n) is 6.83. The van der Waals surface area contributed by atoms with Gasteiger partial charge >= 0.3 is 0 Å². The molecule has 2 fully saturated rings. The van der Waals surface area contributed by atoms with Gasteiger partial charge in [-0.1, -0.05) is 0 Å². The third kappa shape index (κ3) is 3.03. The van der Waals surface area contributed by atoms with E-state index in [0.29, 0.717) is 45.5 Å². The molecule has 0 aromatic heterocycles. The molecule has 2 rings (SSSR count). The lowest BCUT2D eigenvalue weighted by molar-refractivity contribution is -0.207. The summed E-state index contributed by atoms with van der Waals surface area (Å²) in [5.41, 5.74) is 5.21. The van der Waals surface area contributed by atoms with Crippen molar-refractivity contribution in [1.82, 2.24) is 0 Å². The van der Waals surface area contributed by atoms with Gasteiger partial charge in [0, 0.05) is 12.8 Å². The molecule has 1 heterocycles. The molecule has 106 valence electrons. The second-order valence-electron chi connectivity index (χ2n) is 5.70. The lowest BCUT2D eigenvalue weighted by Gasteiger charge is -2.43. The highest BCUT2D eigenvalue weighted by Crippen LogP contribution is 2.41. The zero-order valence-corrected chi connectivity index (χ0v) is 11.4. The molecule has 1 saturated carbocycles. The summed E-state index contributed by atoms with van der Waals surface area (Å²) in [5.74, 6) is -0.454. The average molecular weight is 259 g/mol. The number of aliphatic hydroxyl groups is 1. The van der Waals surface area contributed by atoms with Gasteiger partial charge in [-0.15, -0.1) is 0 Å². The summed E-state index contributed by atoms with van der Waals surface area (Å²) in [5, 5.41) is 10.6. The number of rotatable bonds is 4. The van der Waals surface area contributed by atoms with Crippen LogP contribution in [0.25, 0.3) is 0 Å². The van der Waals surface area contributed by atoms with Crippen LogP contribution < -0.4 is 5.73 Å². The molecule has 5 heteroatoms.